The molecule has 114 valence electrons. The number of nitrogens with two attached hydrogens (primary N) is 1. The summed E-state index contributed by atoms with van der Waals surface area (Å²) in [5.74, 6) is 1.85. The van der Waals surface area contributed by atoms with E-state index in [1.54, 1.807) is 36.7 Å². The quantitative estimate of drug-likeness (QED) is 0.940. The van der Waals surface area contributed by atoms with Gasteiger partial charge in [-0.25, -0.2) is 0 Å². The summed E-state index contributed by atoms with van der Waals surface area (Å²) in [6, 6.07) is 10.8. The van der Waals surface area contributed by atoms with Crippen LogP contribution in [0.3, 0.4) is 0 Å². The molecular formula is C17H19N3O2. The average molecular weight is 297 g/mol. The van der Waals surface area contributed by atoms with E-state index in [0.29, 0.717) is 29.5 Å². The SMILES string of the molecule is NC[C@H]1CCN(C(=O)c2ccc(Oc3cccnc3)cc2)C1. The zero-order valence-electron chi connectivity index (χ0n) is 12.3. The van der Waals surface area contributed by atoms with E-state index in [-0.39, 0.29) is 5.91 Å². The Morgan fingerprint density at radius 1 is 1.27 bits per heavy atom. The number of pyridine rings is 1. The highest BCUT2D eigenvalue weighted by molar-refractivity contribution is 5.94. The zero-order valence-corrected chi connectivity index (χ0v) is 12.3. The monoisotopic (exact) mass is 297 g/mol. The molecule has 1 amide bonds. The van der Waals surface area contributed by atoms with Crippen LogP contribution in [0.1, 0.15) is 16.8 Å². The summed E-state index contributed by atoms with van der Waals surface area (Å²) < 4.78 is 5.67. The third-order valence-corrected chi connectivity index (χ3v) is 3.88. The van der Waals surface area contributed by atoms with Gasteiger partial charge in [-0.2, -0.15) is 0 Å². The van der Waals surface area contributed by atoms with Gasteiger partial charge in [-0.1, -0.05) is 0 Å². The van der Waals surface area contributed by atoms with E-state index < -0.39 is 0 Å². The number of benzene rings is 1. The van der Waals surface area contributed by atoms with Crippen LogP contribution in [0.2, 0.25) is 0 Å². The molecule has 0 radical (unpaired) electrons. The van der Waals surface area contributed by atoms with Crippen LogP contribution in [0.15, 0.2) is 48.8 Å². The lowest BCUT2D eigenvalue weighted by Crippen LogP contribution is -2.29. The third-order valence-electron chi connectivity index (χ3n) is 3.88. The number of ether oxygens (including phenoxy) is 1. The first-order chi connectivity index (χ1) is 10.8. The second-order valence-corrected chi connectivity index (χ2v) is 5.46. The van der Waals surface area contributed by atoms with Crippen molar-refractivity contribution in [1.82, 2.24) is 9.88 Å². The van der Waals surface area contributed by atoms with Gasteiger partial charge in [0.25, 0.3) is 5.91 Å². The van der Waals surface area contributed by atoms with Gasteiger partial charge < -0.3 is 15.4 Å². The molecular weight excluding hydrogens is 278 g/mol. The van der Waals surface area contributed by atoms with Gasteiger partial charge in [0, 0.05) is 24.8 Å². The largest absolute Gasteiger partial charge is 0.456 e. The third kappa shape index (κ3) is 3.26. The number of nitrogens with zero attached hydrogens (tertiary/aromatic N) is 2. The molecule has 22 heavy (non-hydrogen) atoms. The normalized spacial score (nSPS) is 17.5. The van der Waals surface area contributed by atoms with Gasteiger partial charge >= 0.3 is 0 Å². The summed E-state index contributed by atoms with van der Waals surface area (Å²) in [6.45, 7) is 2.18. The molecule has 1 atom stereocenters. The highest BCUT2D eigenvalue weighted by Crippen LogP contribution is 2.22. The topological polar surface area (TPSA) is 68.5 Å². The lowest BCUT2D eigenvalue weighted by atomic mass is 10.1. The standard InChI is InChI=1S/C17H19N3O2/c18-10-13-7-9-20(12-13)17(21)14-3-5-15(6-4-14)22-16-2-1-8-19-11-16/h1-6,8,11,13H,7,9-10,12,18H2/t13-/m1/s1. The van der Waals surface area contributed by atoms with Gasteiger partial charge in [0.2, 0.25) is 0 Å². The fourth-order valence-corrected chi connectivity index (χ4v) is 2.60. The first kappa shape index (κ1) is 14.5. The van der Waals surface area contributed by atoms with E-state index in [2.05, 4.69) is 4.98 Å². The Morgan fingerprint density at radius 3 is 2.73 bits per heavy atom. The molecule has 0 unspecified atom stereocenters. The van der Waals surface area contributed by atoms with E-state index in [4.69, 9.17) is 10.5 Å². The van der Waals surface area contributed by atoms with Gasteiger partial charge in [-0.15, -0.1) is 0 Å². The molecule has 0 spiro atoms. The lowest BCUT2D eigenvalue weighted by molar-refractivity contribution is 0.0787. The summed E-state index contributed by atoms with van der Waals surface area (Å²) in [5, 5.41) is 0. The van der Waals surface area contributed by atoms with Crippen molar-refractivity contribution in [3.63, 3.8) is 0 Å². The smallest absolute Gasteiger partial charge is 0.253 e. The molecule has 1 fully saturated rings. The average Bonchev–Trinajstić information content (AvgIpc) is 3.05. The number of rotatable bonds is 4. The molecule has 2 N–H and O–H groups in total. The molecule has 0 bridgehead atoms. The van der Waals surface area contributed by atoms with Gasteiger partial charge in [0.05, 0.1) is 6.20 Å². The summed E-state index contributed by atoms with van der Waals surface area (Å²) in [4.78, 5) is 18.3. The van der Waals surface area contributed by atoms with Gasteiger partial charge in [0.1, 0.15) is 11.5 Å². The molecule has 0 aliphatic carbocycles. The van der Waals surface area contributed by atoms with Crippen molar-refractivity contribution in [3.8, 4) is 11.5 Å². The Bertz CT molecular complexity index is 628. The van der Waals surface area contributed by atoms with Crippen molar-refractivity contribution in [2.45, 2.75) is 6.42 Å². The first-order valence-corrected chi connectivity index (χ1v) is 7.43. The van der Waals surface area contributed by atoms with Crippen molar-refractivity contribution in [2.24, 2.45) is 11.7 Å². The minimum Gasteiger partial charge on any atom is -0.456 e. The minimum absolute atomic E-state index is 0.0591. The molecule has 2 heterocycles. The van der Waals surface area contributed by atoms with Crippen molar-refractivity contribution >= 4 is 5.91 Å². The number of hydrogen-bond acceptors (Lipinski definition) is 4. The van der Waals surface area contributed by atoms with Crippen LogP contribution in [-0.4, -0.2) is 35.4 Å². The molecule has 1 aliphatic heterocycles. The summed E-state index contributed by atoms with van der Waals surface area (Å²) in [7, 11) is 0. The summed E-state index contributed by atoms with van der Waals surface area (Å²) >= 11 is 0. The zero-order chi connectivity index (χ0) is 15.4. The molecule has 1 aliphatic rings. The van der Waals surface area contributed by atoms with E-state index >= 15 is 0 Å². The molecule has 0 saturated carbocycles. The molecule has 1 aromatic carbocycles. The Balaban J connectivity index is 1.65. The molecule has 1 aromatic heterocycles. The maximum Gasteiger partial charge on any atom is 0.253 e. The van der Waals surface area contributed by atoms with E-state index in [9.17, 15) is 4.79 Å². The maximum atomic E-state index is 12.4. The number of amides is 1. The van der Waals surface area contributed by atoms with Gasteiger partial charge in [0.15, 0.2) is 0 Å². The van der Waals surface area contributed by atoms with Crippen LogP contribution in [0.25, 0.3) is 0 Å². The van der Waals surface area contributed by atoms with Crippen LogP contribution in [0.5, 0.6) is 11.5 Å². The number of aromatic nitrogens is 1. The predicted molar refractivity (Wildman–Crippen MR) is 83.8 cm³/mol. The fourth-order valence-electron chi connectivity index (χ4n) is 2.60. The second kappa shape index (κ2) is 6.58. The van der Waals surface area contributed by atoms with Gasteiger partial charge in [-0.3, -0.25) is 9.78 Å². The fraction of sp³-hybridized carbons (Fsp3) is 0.294. The number of likely N-dealkylation sites (tertiary alicyclic amines) is 1. The van der Waals surface area contributed by atoms with E-state index in [1.165, 1.54) is 0 Å². The highest BCUT2D eigenvalue weighted by atomic mass is 16.5. The van der Waals surface area contributed by atoms with Crippen LogP contribution in [0, 0.1) is 5.92 Å². The molecule has 1 saturated heterocycles. The Morgan fingerprint density at radius 2 is 2.09 bits per heavy atom. The summed E-state index contributed by atoms with van der Waals surface area (Å²) in [6.07, 6.45) is 4.33. The minimum atomic E-state index is 0.0591. The molecule has 2 aromatic rings. The first-order valence-electron chi connectivity index (χ1n) is 7.43. The van der Waals surface area contributed by atoms with Crippen LogP contribution in [0.4, 0.5) is 0 Å². The van der Waals surface area contributed by atoms with Crippen molar-refractivity contribution < 1.29 is 9.53 Å². The van der Waals surface area contributed by atoms with E-state index in [0.717, 1.165) is 19.5 Å². The van der Waals surface area contributed by atoms with Crippen LogP contribution in [-0.2, 0) is 0 Å². The van der Waals surface area contributed by atoms with Crippen molar-refractivity contribution in [3.05, 3.63) is 54.4 Å². The predicted octanol–water partition coefficient (Wildman–Crippen LogP) is 2.29. The van der Waals surface area contributed by atoms with Gasteiger partial charge in [-0.05, 0) is 55.3 Å². The molecule has 5 heteroatoms. The van der Waals surface area contributed by atoms with Crippen LogP contribution >= 0.6 is 0 Å². The second-order valence-electron chi connectivity index (χ2n) is 5.46. The van der Waals surface area contributed by atoms with Crippen LogP contribution < -0.4 is 10.5 Å². The lowest BCUT2D eigenvalue weighted by Gasteiger charge is -2.16. The Hall–Kier alpha value is -2.40. The summed E-state index contributed by atoms with van der Waals surface area (Å²) in [5.41, 5.74) is 6.35. The van der Waals surface area contributed by atoms with E-state index in [1.807, 2.05) is 17.0 Å². The molecule has 5 nitrogen and oxygen atoms in total. The Kier molecular flexibility index (Phi) is 4.34. The Labute approximate surface area is 129 Å². The number of carbonyl (C=O) groups is 1. The van der Waals surface area contributed by atoms with Crippen molar-refractivity contribution in [1.29, 1.82) is 0 Å². The number of hydrogen-bond donors (Lipinski definition) is 1. The highest BCUT2D eigenvalue weighted by Gasteiger charge is 2.25. The van der Waals surface area contributed by atoms with Crippen molar-refractivity contribution in [2.75, 3.05) is 19.6 Å². The number of carbonyl (C=O) groups excluding carboxylic acids is 1. The molecule has 3 rings (SSSR count). The maximum absolute atomic E-state index is 12.4.